The molecule has 0 amide bonds. The van der Waals surface area contributed by atoms with Gasteiger partial charge in [0.15, 0.2) is 5.78 Å². The minimum atomic E-state index is -0.303. The van der Waals surface area contributed by atoms with Crippen molar-refractivity contribution in [3.8, 4) is 5.75 Å². The van der Waals surface area contributed by atoms with Gasteiger partial charge in [0.1, 0.15) is 5.75 Å². The van der Waals surface area contributed by atoms with E-state index in [2.05, 4.69) is 29.7 Å². The summed E-state index contributed by atoms with van der Waals surface area (Å²) in [5, 5.41) is 7.82. The Labute approximate surface area is 199 Å². The number of Topliss-reactive ketones (excluding diaryl/α,β-unsaturated/α-hetero) is 1. The van der Waals surface area contributed by atoms with Crippen LogP contribution in [-0.4, -0.2) is 12.4 Å². The van der Waals surface area contributed by atoms with Gasteiger partial charge in [-0.25, -0.2) is 0 Å². The Bertz CT molecular complexity index is 1200. The van der Waals surface area contributed by atoms with Crippen LogP contribution in [0.2, 0.25) is 5.02 Å². The molecule has 2 unspecified atom stereocenters. The monoisotopic (exact) mass is 458 g/mol. The summed E-state index contributed by atoms with van der Waals surface area (Å²) in [5.74, 6) is 1.12. The first-order valence-electron chi connectivity index (χ1n) is 11.5. The van der Waals surface area contributed by atoms with Gasteiger partial charge >= 0.3 is 0 Å². The Morgan fingerprint density at radius 3 is 2.42 bits per heavy atom. The van der Waals surface area contributed by atoms with Crippen LogP contribution >= 0.6 is 11.6 Å². The number of ketones is 1. The van der Waals surface area contributed by atoms with E-state index in [4.69, 9.17) is 16.3 Å². The lowest BCUT2D eigenvalue weighted by Gasteiger charge is -2.30. The van der Waals surface area contributed by atoms with Crippen molar-refractivity contribution in [2.24, 2.45) is 0 Å². The molecule has 1 aliphatic heterocycles. The molecule has 168 valence electrons. The summed E-state index contributed by atoms with van der Waals surface area (Å²) in [5.41, 5.74) is 5.73. The average molecular weight is 459 g/mol. The van der Waals surface area contributed by atoms with Gasteiger partial charge in [-0.2, -0.15) is 0 Å². The Morgan fingerprint density at radius 1 is 0.939 bits per heavy atom. The third-order valence-electron chi connectivity index (χ3n) is 6.35. The molecule has 5 rings (SSSR count). The van der Waals surface area contributed by atoms with Crippen LogP contribution < -0.4 is 15.4 Å². The molecule has 0 radical (unpaired) electrons. The van der Waals surface area contributed by atoms with Crippen LogP contribution in [0.15, 0.2) is 84.1 Å². The fourth-order valence-corrected chi connectivity index (χ4v) is 4.97. The predicted octanol–water partition coefficient (Wildman–Crippen LogP) is 7.11. The molecular formula is C28H27ClN2O2. The molecule has 2 aliphatic rings. The molecule has 0 saturated heterocycles. The van der Waals surface area contributed by atoms with E-state index in [0.29, 0.717) is 18.1 Å². The highest BCUT2D eigenvalue weighted by Gasteiger charge is 2.36. The standard InChI is InChI=1S/C28H27ClN2O2/c1-2-15-33-20-13-11-18(12-14-20)19-16-25-27(26(32)17-19)28(21-7-3-4-8-22(21)29)31-24-10-6-5-9-23(24)30-25/h3-14,19,28,30-31H,2,15-17H2,1H3. The first kappa shape index (κ1) is 21.6. The number of halogens is 1. The van der Waals surface area contributed by atoms with E-state index in [0.717, 1.165) is 52.4 Å². The molecule has 0 bridgehead atoms. The third kappa shape index (κ3) is 4.36. The van der Waals surface area contributed by atoms with E-state index in [1.54, 1.807) is 0 Å². The summed E-state index contributed by atoms with van der Waals surface area (Å²) in [6.45, 7) is 2.80. The maximum Gasteiger partial charge on any atom is 0.163 e. The first-order valence-corrected chi connectivity index (χ1v) is 11.9. The van der Waals surface area contributed by atoms with Gasteiger partial charge in [0, 0.05) is 22.7 Å². The lowest BCUT2D eigenvalue weighted by Crippen LogP contribution is -2.27. The molecule has 2 atom stereocenters. The molecular weight excluding hydrogens is 432 g/mol. The van der Waals surface area contributed by atoms with Crippen molar-refractivity contribution in [1.29, 1.82) is 0 Å². The molecule has 4 nitrogen and oxygen atoms in total. The van der Waals surface area contributed by atoms with Gasteiger partial charge < -0.3 is 15.4 Å². The average Bonchev–Trinajstić information content (AvgIpc) is 3.00. The quantitative estimate of drug-likeness (QED) is 0.427. The molecule has 0 fully saturated rings. The van der Waals surface area contributed by atoms with Gasteiger partial charge in [0.2, 0.25) is 0 Å². The highest BCUT2D eigenvalue weighted by atomic mass is 35.5. The molecule has 2 N–H and O–H groups in total. The second-order valence-corrected chi connectivity index (χ2v) is 9.01. The Hall–Kier alpha value is -3.24. The molecule has 5 heteroatoms. The second kappa shape index (κ2) is 9.32. The van der Waals surface area contributed by atoms with Crippen molar-refractivity contribution < 1.29 is 9.53 Å². The van der Waals surface area contributed by atoms with E-state index in [1.807, 2.05) is 60.7 Å². The lowest BCUT2D eigenvalue weighted by molar-refractivity contribution is -0.116. The minimum Gasteiger partial charge on any atom is -0.494 e. The van der Waals surface area contributed by atoms with Crippen molar-refractivity contribution in [3.63, 3.8) is 0 Å². The van der Waals surface area contributed by atoms with Gasteiger partial charge in [-0.3, -0.25) is 4.79 Å². The Balaban J connectivity index is 1.52. The highest BCUT2D eigenvalue weighted by Crippen LogP contribution is 2.45. The van der Waals surface area contributed by atoms with E-state index in [9.17, 15) is 4.79 Å². The summed E-state index contributed by atoms with van der Waals surface area (Å²) in [6.07, 6.45) is 2.20. The normalized spacial score (nSPS) is 19.6. The summed E-state index contributed by atoms with van der Waals surface area (Å²) >= 11 is 6.59. The number of hydrogen-bond acceptors (Lipinski definition) is 4. The van der Waals surface area contributed by atoms with E-state index in [1.165, 1.54) is 0 Å². The van der Waals surface area contributed by atoms with Gasteiger partial charge in [-0.05, 0) is 60.2 Å². The number of para-hydroxylation sites is 2. The van der Waals surface area contributed by atoms with E-state index in [-0.39, 0.29) is 17.7 Å². The zero-order valence-corrected chi connectivity index (χ0v) is 19.4. The summed E-state index contributed by atoms with van der Waals surface area (Å²) < 4.78 is 5.72. The Kier molecular flexibility index (Phi) is 6.10. The van der Waals surface area contributed by atoms with Crippen molar-refractivity contribution in [1.82, 2.24) is 0 Å². The zero-order chi connectivity index (χ0) is 22.8. The van der Waals surface area contributed by atoms with E-state index < -0.39 is 0 Å². The van der Waals surface area contributed by atoms with Crippen LogP contribution in [0.25, 0.3) is 0 Å². The number of carbonyl (C=O) groups is 1. The fourth-order valence-electron chi connectivity index (χ4n) is 4.73. The number of anilines is 2. The van der Waals surface area contributed by atoms with Gasteiger partial charge in [-0.15, -0.1) is 0 Å². The predicted molar refractivity (Wildman–Crippen MR) is 134 cm³/mol. The second-order valence-electron chi connectivity index (χ2n) is 8.61. The smallest absolute Gasteiger partial charge is 0.163 e. The number of fused-ring (bicyclic) bond motifs is 1. The summed E-state index contributed by atoms with van der Waals surface area (Å²) in [6, 6.07) is 23.7. The van der Waals surface area contributed by atoms with Crippen LogP contribution in [0.4, 0.5) is 11.4 Å². The largest absolute Gasteiger partial charge is 0.494 e. The summed E-state index contributed by atoms with van der Waals surface area (Å²) in [7, 11) is 0. The van der Waals surface area contributed by atoms with Crippen LogP contribution in [0.3, 0.4) is 0 Å². The number of nitrogens with one attached hydrogen (secondary N) is 2. The highest BCUT2D eigenvalue weighted by molar-refractivity contribution is 6.31. The molecule has 3 aromatic carbocycles. The minimum absolute atomic E-state index is 0.112. The number of rotatable bonds is 5. The molecule has 1 aliphatic carbocycles. The zero-order valence-electron chi connectivity index (χ0n) is 18.6. The number of ether oxygens (including phenoxy) is 1. The first-order chi connectivity index (χ1) is 16.1. The van der Waals surface area contributed by atoms with Crippen molar-refractivity contribution in [3.05, 3.63) is 100 Å². The SMILES string of the molecule is CCCOc1ccc(C2CC(=O)C3=C(C2)Nc2ccccc2NC3c2ccccc2Cl)cc1. The molecule has 0 saturated carbocycles. The van der Waals surface area contributed by atoms with Gasteiger partial charge in [0.05, 0.1) is 24.0 Å². The topological polar surface area (TPSA) is 50.4 Å². The van der Waals surface area contributed by atoms with Crippen molar-refractivity contribution >= 4 is 28.8 Å². The number of carbonyl (C=O) groups excluding carboxylic acids is 1. The summed E-state index contributed by atoms with van der Waals surface area (Å²) in [4.78, 5) is 13.6. The maximum atomic E-state index is 13.6. The van der Waals surface area contributed by atoms with E-state index >= 15 is 0 Å². The van der Waals surface area contributed by atoms with Gasteiger partial charge in [-0.1, -0.05) is 61.0 Å². The third-order valence-corrected chi connectivity index (χ3v) is 6.69. The Morgan fingerprint density at radius 2 is 1.67 bits per heavy atom. The molecule has 33 heavy (non-hydrogen) atoms. The van der Waals surface area contributed by atoms with Crippen molar-refractivity contribution in [2.45, 2.75) is 38.1 Å². The molecule has 3 aromatic rings. The van der Waals surface area contributed by atoms with Crippen LogP contribution in [0, 0.1) is 0 Å². The number of allylic oxidation sites excluding steroid dienone is 1. The molecule has 0 aromatic heterocycles. The van der Waals surface area contributed by atoms with Crippen molar-refractivity contribution in [2.75, 3.05) is 17.2 Å². The van der Waals surface area contributed by atoms with Crippen LogP contribution in [-0.2, 0) is 4.79 Å². The number of hydrogen-bond donors (Lipinski definition) is 2. The number of benzene rings is 3. The van der Waals surface area contributed by atoms with Crippen LogP contribution in [0.5, 0.6) is 5.75 Å². The lowest BCUT2D eigenvalue weighted by atomic mass is 9.78. The maximum absolute atomic E-state index is 13.6. The molecule has 1 heterocycles. The van der Waals surface area contributed by atoms with Gasteiger partial charge in [0.25, 0.3) is 0 Å². The fraction of sp³-hybridized carbons (Fsp3) is 0.250. The van der Waals surface area contributed by atoms with Crippen LogP contribution in [0.1, 0.15) is 49.3 Å². The molecule has 0 spiro atoms.